The highest BCUT2D eigenvalue weighted by atomic mass is 16.6. The predicted octanol–water partition coefficient (Wildman–Crippen LogP) is 3.74. The van der Waals surface area contributed by atoms with Crippen LogP contribution >= 0.6 is 0 Å². The second-order valence-corrected chi connectivity index (χ2v) is 9.59. The van der Waals surface area contributed by atoms with E-state index >= 15 is 0 Å². The fourth-order valence-electron chi connectivity index (χ4n) is 4.38. The van der Waals surface area contributed by atoms with Crippen LogP contribution in [0.2, 0.25) is 0 Å². The molecule has 2 atom stereocenters. The smallest absolute Gasteiger partial charge is 0.338 e. The van der Waals surface area contributed by atoms with Gasteiger partial charge in [0, 0.05) is 11.1 Å². The lowest BCUT2D eigenvalue weighted by molar-refractivity contribution is -0.171. The van der Waals surface area contributed by atoms with Crippen molar-refractivity contribution in [2.45, 2.75) is 25.0 Å². The Morgan fingerprint density at radius 2 is 0.833 bits per heavy atom. The van der Waals surface area contributed by atoms with Gasteiger partial charge in [0.1, 0.15) is 0 Å². The summed E-state index contributed by atoms with van der Waals surface area (Å²) in [6.07, 6.45) is -3.66. The van der Waals surface area contributed by atoms with Crippen LogP contribution in [0.3, 0.4) is 0 Å². The molecule has 4 rings (SSSR count). The molecule has 214 valence electrons. The maximum Gasteiger partial charge on any atom is 0.338 e. The Hall–Kier alpha value is -4.92. The van der Waals surface area contributed by atoms with Crippen molar-refractivity contribution in [1.29, 1.82) is 0 Å². The summed E-state index contributed by atoms with van der Waals surface area (Å²) in [5, 5.41) is 20.3. The average molecular weight is 567 g/mol. The van der Waals surface area contributed by atoms with Crippen molar-refractivity contribution in [3.63, 3.8) is 0 Å². The van der Waals surface area contributed by atoms with Gasteiger partial charge in [-0.2, -0.15) is 0 Å². The van der Waals surface area contributed by atoms with E-state index in [1.807, 2.05) is 60.7 Å². The molecule has 0 aliphatic rings. The lowest BCUT2D eigenvalue weighted by Crippen LogP contribution is -2.42. The summed E-state index contributed by atoms with van der Waals surface area (Å²) in [6.45, 7) is -1.42. The van der Waals surface area contributed by atoms with Crippen LogP contribution in [0, 0.1) is 0 Å². The topological polar surface area (TPSA) is 127 Å². The number of aliphatic hydroxyl groups excluding tert-OH is 2. The van der Waals surface area contributed by atoms with Crippen molar-refractivity contribution < 1.29 is 38.9 Å². The predicted molar refractivity (Wildman–Crippen MR) is 154 cm³/mol. The summed E-state index contributed by atoms with van der Waals surface area (Å²) in [5.41, 5.74) is 4.12. The fraction of sp³-hybridized carbons (Fsp3) is 0.176. The molecule has 0 aliphatic heterocycles. The molecule has 8 nitrogen and oxygen atoms in total. The van der Waals surface area contributed by atoms with E-state index < -0.39 is 48.9 Å². The Bertz CT molecular complexity index is 1410. The molecule has 4 aromatic rings. The number of hydrogen-bond acceptors (Lipinski definition) is 8. The summed E-state index contributed by atoms with van der Waals surface area (Å²) in [5.74, 6) is -3.79. The van der Waals surface area contributed by atoms with Gasteiger partial charge in [0.25, 0.3) is 0 Å². The first-order valence-corrected chi connectivity index (χ1v) is 13.3. The molecule has 0 heterocycles. The zero-order valence-electron chi connectivity index (χ0n) is 22.7. The molecule has 0 saturated heterocycles. The van der Waals surface area contributed by atoms with Crippen LogP contribution in [-0.2, 0) is 31.9 Å². The number of aliphatic hydroxyl groups is 2. The number of benzene rings is 4. The average Bonchev–Trinajstić information content (AvgIpc) is 3.03. The van der Waals surface area contributed by atoms with Crippen LogP contribution in [0.5, 0.6) is 0 Å². The quantitative estimate of drug-likeness (QED) is 0.185. The number of hydrogen-bond donors (Lipinski definition) is 2. The van der Waals surface area contributed by atoms with E-state index in [4.69, 9.17) is 9.47 Å². The molecule has 0 bridgehead atoms. The van der Waals surface area contributed by atoms with Crippen LogP contribution in [0.15, 0.2) is 109 Å². The first-order chi connectivity index (χ1) is 20.3. The van der Waals surface area contributed by atoms with Crippen molar-refractivity contribution in [3.8, 4) is 0 Å². The lowest BCUT2D eigenvalue weighted by atomic mass is 9.97. The number of ether oxygens (including phenoxy) is 2. The molecular weight excluding hydrogens is 536 g/mol. The van der Waals surface area contributed by atoms with Crippen LogP contribution in [0.4, 0.5) is 0 Å². The van der Waals surface area contributed by atoms with Crippen LogP contribution in [0.25, 0.3) is 0 Å². The van der Waals surface area contributed by atoms with Crippen molar-refractivity contribution in [3.05, 3.63) is 143 Å². The monoisotopic (exact) mass is 566 g/mol. The standard InChI is InChI=1S/C34H30O8/c35-29(27-17-9-7-15-25(27)19-23-11-3-1-4-12-23)21-41-33(39)31(37)32(38)34(40)42-22-30(36)28-18-10-8-16-26(28)20-24-13-5-2-6-14-24/h1-18,31-32,37-38H,19-22H2. The summed E-state index contributed by atoms with van der Waals surface area (Å²) in [7, 11) is 0. The number of carbonyl (C=O) groups is 4. The zero-order valence-corrected chi connectivity index (χ0v) is 22.7. The fourth-order valence-corrected chi connectivity index (χ4v) is 4.38. The van der Waals surface area contributed by atoms with Gasteiger partial charge in [0.2, 0.25) is 11.6 Å². The largest absolute Gasteiger partial charge is 0.455 e. The molecule has 2 unspecified atom stereocenters. The van der Waals surface area contributed by atoms with Gasteiger partial charge in [-0.25, -0.2) is 9.59 Å². The van der Waals surface area contributed by atoms with Gasteiger partial charge in [-0.05, 0) is 35.1 Å². The number of carbonyl (C=O) groups excluding carboxylic acids is 4. The third kappa shape index (κ3) is 8.06. The summed E-state index contributed by atoms with van der Waals surface area (Å²) < 4.78 is 9.78. The Kier molecular flexibility index (Phi) is 10.5. The van der Waals surface area contributed by atoms with Crippen LogP contribution in [0.1, 0.15) is 43.0 Å². The molecule has 0 amide bonds. The van der Waals surface area contributed by atoms with Crippen molar-refractivity contribution in [2.24, 2.45) is 0 Å². The van der Waals surface area contributed by atoms with Crippen molar-refractivity contribution in [1.82, 2.24) is 0 Å². The van der Waals surface area contributed by atoms with E-state index in [1.54, 1.807) is 48.5 Å². The Morgan fingerprint density at radius 1 is 0.500 bits per heavy atom. The minimum atomic E-state index is -2.31. The number of Topliss-reactive ketones (excluding diaryl/α,β-unsaturated/α-hetero) is 2. The van der Waals surface area contributed by atoms with Gasteiger partial charge >= 0.3 is 11.9 Å². The van der Waals surface area contributed by atoms with Crippen LogP contribution < -0.4 is 0 Å². The first kappa shape index (κ1) is 30.0. The molecule has 2 N–H and O–H groups in total. The van der Waals surface area contributed by atoms with E-state index in [1.165, 1.54) is 0 Å². The van der Waals surface area contributed by atoms with Gasteiger partial charge in [-0.15, -0.1) is 0 Å². The molecule has 0 radical (unpaired) electrons. The number of ketones is 2. The second-order valence-electron chi connectivity index (χ2n) is 9.59. The van der Waals surface area contributed by atoms with Crippen molar-refractivity contribution >= 4 is 23.5 Å². The third-order valence-electron chi connectivity index (χ3n) is 6.58. The van der Waals surface area contributed by atoms with E-state index in [0.29, 0.717) is 24.0 Å². The summed E-state index contributed by atoms with van der Waals surface area (Å²) in [4.78, 5) is 50.2. The minimum absolute atomic E-state index is 0.342. The summed E-state index contributed by atoms with van der Waals surface area (Å²) in [6, 6.07) is 32.8. The molecule has 42 heavy (non-hydrogen) atoms. The van der Waals surface area contributed by atoms with Crippen LogP contribution in [-0.4, -0.2) is 59.1 Å². The van der Waals surface area contributed by atoms with E-state index in [0.717, 1.165) is 22.3 Å². The van der Waals surface area contributed by atoms with Gasteiger partial charge in [-0.3, -0.25) is 9.59 Å². The first-order valence-electron chi connectivity index (χ1n) is 13.3. The normalized spacial score (nSPS) is 12.1. The van der Waals surface area contributed by atoms with Gasteiger partial charge < -0.3 is 19.7 Å². The molecule has 8 heteroatoms. The van der Waals surface area contributed by atoms with Gasteiger partial charge in [-0.1, -0.05) is 109 Å². The Morgan fingerprint density at radius 3 is 1.21 bits per heavy atom. The highest BCUT2D eigenvalue weighted by Crippen LogP contribution is 2.17. The van der Waals surface area contributed by atoms with E-state index in [2.05, 4.69) is 0 Å². The maximum absolute atomic E-state index is 12.8. The lowest BCUT2D eigenvalue weighted by Gasteiger charge is -2.16. The Balaban J connectivity index is 1.29. The SMILES string of the molecule is O=C(COC(=O)C(O)C(O)C(=O)OCC(=O)c1ccccc1Cc1ccccc1)c1ccccc1Cc1ccccc1. The minimum Gasteiger partial charge on any atom is -0.455 e. The van der Waals surface area contributed by atoms with E-state index in [9.17, 15) is 29.4 Å². The molecule has 4 aromatic carbocycles. The molecule has 0 aliphatic carbocycles. The third-order valence-corrected chi connectivity index (χ3v) is 6.58. The highest BCUT2D eigenvalue weighted by molar-refractivity contribution is 6.00. The number of rotatable bonds is 13. The molecule has 0 saturated carbocycles. The molecule has 0 aromatic heterocycles. The molecule has 0 spiro atoms. The zero-order chi connectivity index (χ0) is 29.9. The van der Waals surface area contributed by atoms with Gasteiger partial charge in [0.15, 0.2) is 25.4 Å². The maximum atomic E-state index is 12.8. The Labute approximate surface area is 243 Å². The summed E-state index contributed by atoms with van der Waals surface area (Å²) >= 11 is 0. The van der Waals surface area contributed by atoms with Gasteiger partial charge in [0.05, 0.1) is 0 Å². The molecular formula is C34H30O8. The second kappa shape index (κ2) is 14.6. The highest BCUT2D eigenvalue weighted by Gasteiger charge is 2.34. The van der Waals surface area contributed by atoms with Crippen molar-refractivity contribution in [2.75, 3.05) is 13.2 Å². The molecule has 0 fully saturated rings. The van der Waals surface area contributed by atoms with E-state index in [-0.39, 0.29) is 0 Å². The number of esters is 2.